The first kappa shape index (κ1) is 18.0. The summed E-state index contributed by atoms with van der Waals surface area (Å²) in [5, 5.41) is 0.473. The lowest BCUT2D eigenvalue weighted by molar-refractivity contribution is 0.627. The summed E-state index contributed by atoms with van der Waals surface area (Å²) in [6.07, 6.45) is 1.81. The van der Waals surface area contributed by atoms with Gasteiger partial charge >= 0.3 is 0 Å². The molecule has 5 nitrogen and oxygen atoms in total. The Hall–Kier alpha value is -4.06. The van der Waals surface area contributed by atoms with Crippen LogP contribution in [0.3, 0.4) is 0 Å². The quantitative estimate of drug-likeness (QED) is 0.436. The van der Waals surface area contributed by atoms with Gasteiger partial charge in [-0.2, -0.15) is 0 Å². The number of hydrogen-bond donors (Lipinski definition) is 0. The van der Waals surface area contributed by atoms with Gasteiger partial charge in [0.15, 0.2) is 0 Å². The fourth-order valence-corrected chi connectivity index (χ4v) is 3.61. The Morgan fingerprint density at radius 2 is 1.50 bits per heavy atom. The SMILES string of the molecule is O=c1c(Cc2ccc(F)cc2)cn2c(=O)c3ccccc3nc2n1-c1ccccc1. The monoisotopic (exact) mass is 397 g/mol. The van der Waals surface area contributed by atoms with Crippen LogP contribution < -0.4 is 11.1 Å². The predicted octanol–water partition coefficient (Wildman–Crippen LogP) is 3.73. The number of rotatable bonds is 3. The van der Waals surface area contributed by atoms with Crippen molar-refractivity contribution in [3.8, 4) is 5.69 Å². The van der Waals surface area contributed by atoms with Crippen LogP contribution in [0.5, 0.6) is 0 Å². The third kappa shape index (κ3) is 2.99. The summed E-state index contributed by atoms with van der Waals surface area (Å²) in [5.41, 5.74) is 1.81. The molecular weight excluding hydrogens is 381 g/mol. The number of hydrogen-bond acceptors (Lipinski definition) is 3. The minimum absolute atomic E-state index is 0.248. The molecule has 3 aromatic carbocycles. The van der Waals surface area contributed by atoms with E-state index < -0.39 is 0 Å². The van der Waals surface area contributed by atoms with Gasteiger partial charge in [0.25, 0.3) is 11.1 Å². The normalized spacial score (nSPS) is 11.2. The molecule has 146 valence electrons. The van der Waals surface area contributed by atoms with Gasteiger partial charge < -0.3 is 0 Å². The minimum Gasteiger partial charge on any atom is -0.268 e. The van der Waals surface area contributed by atoms with E-state index in [1.165, 1.54) is 21.1 Å². The van der Waals surface area contributed by atoms with E-state index in [4.69, 9.17) is 0 Å². The smallest absolute Gasteiger partial charge is 0.266 e. The third-order valence-corrected chi connectivity index (χ3v) is 5.07. The highest BCUT2D eigenvalue weighted by molar-refractivity contribution is 5.79. The van der Waals surface area contributed by atoms with Gasteiger partial charge in [0.05, 0.1) is 16.6 Å². The Bertz CT molecular complexity index is 1500. The molecule has 0 amide bonds. The Balaban J connectivity index is 1.85. The zero-order valence-corrected chi connectivity index (χ0v) is 15.8. The molecular formula is C24H16FN3O2. The second kappa shape index (κ2) is 7.08. The zero-order valence-electron chi connectivity index (χ0n) is 15.8. The maximum Gasteiger partial charge on any atom is 0.266 e. The van der Waals surface area contributed by atoms with Crippen LogP contribution in [0.1, 0.15) is 11.1 Å². The number of fused-ring (bicyclic) bond motifs is 2. The molecule has 0 aliphatic rings. The molecule has 0 fully saturated rings. The molecule has 2 aromatic heterocycles. The van der Waals surface area contributed by atoms with Crippen molar-refractivity contribution in [2.24, 2.45) is 0 Å². The van der Waals surface area contributed by atoms with Gasteiger partial charge in [-0.05, 0) is 42.0 Å². The number of benzene rings is 3. The van der Waals surface area contributed by atoms with Crippen molar-refractivity contribution in [2.75, 3.05) is 0 Å². The van der Waals surface area contributed by atoms with Crippen LogP contribution in [0.4, 0.5) is 4.39 Å². The molecule has 0 radical (unpaired) electrons. The van der Waals surface area contributed by atoms with Crippen molar-refractivity contribution < 1.29 is 4.39 Å². The molecule has 0 atom stereocenters. The van der Waals surface area contributed by atoms with Crippen molar-refractivity contribution in [1.82, 2.24) is 14.0 Å². The van der Waals surface area contributed by atoms with E-state index in [0.717, 1.165) is 5.56 Å². The van der Waals surface area contributed by atoms with E-state index in [1.807, 2.05) is 18.2 Å². The van der Waals surface area contributed by atoms with Crippen LogP contribution in [-0.2, 0) is 6.42 Å². The molecule has 0 spiro atoms. The summed E-state index contributed by atoms with van der Waals surface area (Å²) < 4.78 is 16.1. The largest absolute Gasteiger partial charge is 0.268 e. The second-order valence-electron chi connectivity index (χ2n) is 7.04. The van der Waals surface area contributed by atoms with E-state index in [2.05, 4.69) is 4.98 Å². The van der Waals surface area contributed by atoms with E-state index in [0.29, 0.717) is 22.2 Å². The van der Waals surface area contributed by atoms with Crippen molar-refractivity contribution in [1.29, 1.82) is 0 Å². The average Bonchev–Trinajstić information content (AvgIpc) is 2.77. The summed E-state index contributed by atoms with van der Waals surface area (Å²) in [4.78, 5) is 31.2. The second-order valence-corrected chi connectivity index (χ2v) is 7.04. The highest BCUT2D eigenvalue weighted by Crippen LogP contribution is 2.14. The van der Waals surface area contributed by atoms with Crippen molar-refractivity contribution in [3.05, 3.63) is 123 Å². The Kier molecular flexibility index (Phi) is 4.25. The lowest BCUT2D eigenvalue weighted by atomic mass is 10.1. The molecule has 5 rings (SSSR count). The minimum atomic E-state index is -0.342. The molecule has 30 heavy (non-hydrogen) atoms. The van der Waals surface area contributed by atoms with Crippen LogP contribution in [0.2, 0.25) is 0 Å². The van der Waals surface area contributed by atoms with Gasteiger partial charge in [0, 0.05) is 18.2 Å². The first-order valence-electron chi connectivity index (χ1n) is 9.48. The van der Waals surface area contributed by atoms with Gasteiger partial charge in [0.2, 0.25) is 5.78 Å². The van der Waals surface area contributed by atoms with Crippen molar-refractivity contribution >= 4 is 16.7 Å². The molecule has 6 heteroatoms. The topological polar surface area (TPSA) is 56.4 Å². The van der Waals surface area contributed by atoms with Crippen molar-refractivity contribution in [3.63, 3.8) is 0 Å². The van der Waals surface area contributed by atoms with Crippen LogP contribution in [0, 0.1) is 5.82 Å². The lowest BCUT2D eigenvalue weighted by Gasteiger charge is -2.14. The first-order chi connectivity index (χ1) is 14.6. The highest BCUT2D eigenvalue weighted by Gasteiger charge is 2.15. The highest BCUT2D eigenvalue weighted by atomic mass is 19.1. The summed E-state index contributed by atoms with van der Waals surface area (Å²) in [6.45, 7) is 0. The fraction of sp³-hybridized carbons (Fsp3) is 0.0417. The maximum absolute atomic E-state index is 13.4. The van der Waals surface area contributed by atoms with Gasteiger partial charge in [0.1, 0.15) is 5.82 Å². The molecule has 0 saturated heterocycles. The molecule has 0 aliphatic carbocycles. The standard InChI is InChI=1S/C24H16FN3O2/c25-18-12-10-16(11-13-18)14-17-15-27-23(30)20-8-4-5-9-21(20)26-24(27)28(22(17)29)19-6-2-1-3-7-19/h1-13,15H,14H2. The Morgan fingerprint density at radius 1 is 0.800 bits per heavy atom. The van der Waals surface area contributed by atoms with E-state index in [-0.39, 0.29) is 29.1 Å². The molecule has 0 bridgehead atoms. The summed E-state index contributed by atoms with van der Waals surface area (Å²) in [6, 6.07) is 22.1. The molecule has 2 heterocycles. The van der Waals surface area contributed by atoms with Gasteiger partial charge in [-0.1, -0.05) is 42.5 Å². The van der Waals surface area contributed by atoms with Gasteiger partial charge in [-0.3, -0.25) is 14.0 Å². The van der Waals surface area contributed by atoms with E-state index >= 15 is 0 Å². The lowest BCUT2D eigenvalue weighted by Crippen LogP contribution is -2.30. The fourth-order valence-electron chi connectivity index (χ4n) is 3.61. The number of para-hydroxylation sites is 2. The zero-order chi connectivity index (χ0) is 20.7. The summed E-state index contributed by atoms with van der Waals surface area (Å²) in [7, 11) is 0. The molecule has 0 unspecified atom stereocenters. The molecule has 5 aromatic rings. The van der Waals surface area contributed by atoms with E-state index in [1.54, 1.807) is 54.7 Å². The Labute approximate surface area is 170 Å². The number of aromatic nitrogens is 3. The van der Waals surface area contributed by atoms with E-state index in [9.17, 15) is 14.0 Å². The Morgan fingerprint density at radius 3 is 2.27 bits per heavy atom. The molecule has 0 aliphatic heterocycles. The predicted molar refractivity (Wildman–Crippen MR) is 114 cm³/mol. The maximum atomic E-state index is 13.4. The number of halogens is 1. The number of nitrogens with zero attached hydrogens (tertiary/aromatic N) is 3. The van der Waals surface area contributed by atoms with Crippen LogP contribution >= 0.6 is 0 Å². The van der Waals surface area contributed by atoms with Gasteiger partial charge in [-0.15, -0.1) is 0 Å². The van der Waals surface area contributed by atoms with Gasteiger partial charge in [-0.25, -0.2) is 13.9 Å². The van der Waals surface area contributed by atoms with Crippen LogP contribution in [-0.4, -0.2) is 14.0 Å². The van der Waals surface area contributed by atoms with Crippen LogP contribution in [0.15, 0.2) is 94.6 Å². The summed E-state index contributed by atoms with van der Waals surface area (Å²) in [5.74, 6) is -0.0939. The third-order valence-electron chi connectivity index (χ3n) is 5.07. The summed E-state index contributed by atoms with van der Waals surface area (Å²) >= 11 is 0. The van der Waals surface area contributed by atoms with Crippen LogP contribution in [0.25, 0.3) is 22.4 Å². The molecule has 0 N–H and O–H groups in total. The molecule has 0 saturated carbocycles. The average molecular weight is 397 g/mol. The van der Waals surface area contributed by atoms with Crippen molar-refractivity contribution in [2.45, 2.75) is 6.42 Å². The first-order valence-corrected chi connectivity index (χ1v) is 9.48.